The van der Waals surface area contributed by atoms with E-state index >= 15 is 0 Å². The fourth-order valence-corrected chi connectivity index (χ4v) is 14.1. The number of carboxylic acid groups (broad SMARTS) is 3. The monoisotopic (exact) mass is 1740 g/mol. The summed E-state index contributed by atoms with van der Waals surface area (Å²) in [6.07, 6.45) is -74.7. The molecule has 0 radical (unpaired) electrons. The molecular weight excluding hydrogens is 1670 g/mol. The minimum Gasteiger partial charge on any atom is -0.497 e. The van der Waals surface area contributed by atoms with Crippen LogP contribution in [0.2, 0.25) is 0 Å². The van der Waals surface area contributed by atoms with Crippen molar-refractivity contribution in [3.05, 3.63) is 24.3 Å². The SMILES string of the molecule is COc1ccc(O[C@@H]2O[C@H](C(=O)O)[C@@H](O[C@@H]3O[C@H](COS(=O)(=O)O)[C@H](OS(=O)(=O)O)[C@H](O[C@@H]4O[C@H](C(=O)O)[C@@H](O[C@@H]5O[C@H](COS(=O)(=O)O)[C@H](OS(=O)(=O)O)[C@H](O[C@@H]6O[C@H](C(=O)O)[C@@H](O[C@@H]7O[C@H](COS(=O)(=O)O)[C@H](OS(=O)(=O)O)[C@H](O)[C@H]7NC(C)=O)[C@H](O)[C@H]6O)[C@H]5NC(C)=O)[C@H](O)[C@H]4O)[C@H]3NC(C)=O)[C@H](O)[C@H]2O)cc1. The zero-order valence-corrected chi connectivity index (χ0v) is 60.9. The number of ether oxygens (including phenoxy) is 13. The second kappa shape index (κ2) is 37.0. The Balaban J connectivity index is 1.27. The highest BCUT2D eigenvalue weighted by Crippen LogP contribution is 2.40. The minimum absolute atomic E-state index is 0.148. The lowest BCUT2D eigenvalue weighted by molar-refractivity contribution is -0.374. The average Bonchev–Trinajstić information content (AvgIpc) is 0.761. The van der Waals surface area contributed by atoms with Crippen LogP contribution in [0.4, 0.5) is 0 Å². The van der Waals surface area contributed by atoms with Crippen LogP contribution in [0.5, 0.6) is 11.5 Å². The van der Waals surface area contributed by atoms with Crippen LogP contribution in [-0.2, 0) is 168 Å². The molecule has 30 atom stereocenters. The van der Waals surface area contributed by atoms with Gasteiger partial charge in [-0.3, -0.25) is 41.7 Å². The number of hydrogen-bond donors (Lipinski definition) is 19. The van der Waals surface area contributed by atoms with Crippen LogP contribution in [0.1, 0.15) is 20.8 Å². The normalized spacial score (nSPS) is 37.4. The Morgan fingerprint density at radius 1 is 0.342 bits per heavy atom. The molecule has 6 heterocycles. The van der Waals surface area contributed by atoms with Gasteiger partial charge in [-0.05, 0) is 24.3 Å². The lowest BCUT2D eigenvalue weighted by atomic mass is 9.93. The molecule has 0 spiro atoms. The minimum atomic E-state index is -6.14. The van der Waals surface area contributed by atoms with E-state index in [1.54, 1.807) is 0 Å². The number of aliphatic hydroxyl groups is 7. The first-order valence-electron chi connectivity index (χ1n) is 30.6. The molecule has 0 aromatic heterocycles. The summed E-state index contributed by atoms with van der Waals surface area (Å²) >= 11 is 0. The third-order valence-electron chi connectivity index (χ3n) is 16.0. The van der Waals surface area contributed by atoms with Crippen molar-refractivity contribution < 1.29 is 244 Å². The summed E-state index contributed by atoms with van der Waals surface area (Å²) < 4.78 is 303. The van der Waals surface area contributed by atoms with Crippen LogP contribution in [0.15, 0.2) is 24.3 Å². The summed E-state index contributed by atoms with van der Waals surface area (Å²) in [6.45, 7) is -3.27. The third kappa shape index (κ3) is 25.3. The Kier molecular flexibility index (Phi) is 30.7. The first-order chi connectivity index (χ1) is 51.0. The van der Waals surface area contributed by atoms with Gasteiger partial charge < -0.3 is 129 Å². The van der Waals surface area contributed by atoms with Gasteiger partial charge in [0, 0.05) is 20.8 Å². The van der Waals surface area contributed by atoms with E-state index in [0.717, 1.165) is 0 Å². The average molecular weight is 1740 g/mol. The van der Waals surface area contributed by atoms with Gasteiger partial charge in [0.15, 0.2) is 49.8 Å². The Morgan fingerprint density at radius 3 is 0.910 bits per heavy atom. The third-order valence-corrected chi connectivity index (χ3v) is 18.7. The molecular formula is C49H71N3O53S6. The molecule has 111 heavy (non-hydrogen) atoms. The predicted molar refractivity (Wildman–Crippen MR) is 329 cm³/mol. The van der Waals surface area contributed by atoms with E-state index in [1.165, 1.54) is 31.4 Å². The van der Waals surface area contributed by atoms with Crippen molar-refractivity contribution in [1.82, 2.24) is 16.0 Å². The molecule has 1 aromatic carbocycles. The van der Waals surface area contributed by atoms with E-state index in [1.807, 2.05) is 16.0 Å². The molecule has 62 heteroatoms. The second-order valence-corrected chi connectivity index (χ2v) is 30.3. The maximum Gasteiger partial charge on any atom is 0.397 e. The number of methoxy groups -OCH3 is 1. The van der Waals surface area contributed by atoms with E-state index in [0.29, 0.717) is 20.8 Å². The molecule has 3 amide bonds. The van der Waals surface area contributed by atoms with Crippen LogP contribution < -0.4 is 25.4 Å². The van der Waals surface area contributed by atoms with Crippen molar-refractivity contribution in [2.24, 2.45) is 0 Å². The van der Waals surface area contributed by atoms with Crippen LogP contribution in [0.3, 0.4) is 0 Å². The van der Waals surface area contributed by atoms with Crippen molar-refractivity contribution in [3.8, 4) is 11.5 Å². The zero-order valence-electron chi connectivity index (χ0n) is 56.0. The molecule has 6 saturated heterocycles. The van der Waals surface area contributed by atoms with Gasteiger partial charge in [-0.1, -0.05) is 0 Å². The number of amides is 3. The van der Waals surface area contributed by atoms with E-state index in [9.17, 15) is 158 Å². The summed E-state index contributed by atoms with van der Waals surface area (Å²) in [6, 6.07) is -2.39. The summed E-state index contributed by atoms with van der Waals surface area (Å²) in [5.74, 6) is -10.6. The number of carboxylic acids is 3. The lowest BCUT2D eigenvalue weighted by Gasteiger charge is -2.51. The maximum atomic E-state index is 13.5. The number of benzene rings is 1. The highest BCUT2D eigenvalue weighted by molar-refractivity contribution is 7.82. The van der Waals surface area contributed by atoms with E-state index in [2.05, 4.69) is 20.9 Å². The molecule has 0 saturated carbocycles. The lowest BCUT2D eigenvalue weighted by Crippen LogP contribution is -2.72. The predicted octanol–water partition coefficient (Wildman–Crippen LogP) is -12.3. The standard InChI is InChI=1S/C49H71N3O53S6/c1-12(53)50-20-23(56)30(103-109(78,79)80)17(9-88-106(69,70)71)92-44(20)97-35-25(58)28(61)48(101-39(35)42(65)66)95-34-22(52-14(3)55)46(94-19(11-90-108(75,76)77)32(34)105-111(84,85)86)99-37-26(59)29(62)49(102-40(37)43(67)68)96-33-21(51-13(2)54)45(93-18(10-89-107(72,73)74)31(33)104-110(81,82)83)98-36-24(57)27(60)47(100-38(36)41(63)64)91-16-7-5-15(87-4)6-8-16/h5-8,17-40,44-49,56-62H,9-11H2,1-4H3,(H,50,53)(H,51,54)(H,52,55)(H,63,64)(H,65,66)(H,67,68)(H,69,70,71)(H,72,73,74)(H,75,76,77)(H,78,79,80)(H,81,82,83)(H,84,85,86)/t17-,18-,19-,20-,21-,22-,23-,24-,25-,26-,27-,28-,29-,30+,31+,32+,33-,34-,35+,36+,37+,38+,39+,40+,44+,45+,46+,47-,48-,49-/m1/s1. The molecule has 6 fully saturated rings. The topological polar surface area (TPSA) is 842 Å². The summed E-state index contributed by atoms with van der Waals surface area (Å²) in [7, 11) is -33.7. The van der Waals surface area contributed by atoms with Gasteiger partial charge >= 0.3 is 80.3 Å². The number of carbonyl (C=O) groups is 6. The number of aliphatic hydroxyl groups excluding tert-OH is 7. The van der Waals surface area contributed by atoms with Crippen molar-refractivity contribution in [2.75, 3.05) is 26.9 Å². The maximum absolute atomic E-state index is 13.5. The van der Waals surface area contributed by atoms with Gasteiger partial charge in [0.1, 0.15) is 139 Å². The quantitative estimate of drug-likeness (QED) is 0.0285. The van der Waals surface area contributed by atoms with Crippen LogP contribution >= 0.6 is 0 Å². The van der Waals surface area contributed by atoms with Gasteiger partial charge in [-0.25, -0.2) is 39.5 Å². The first kappa shape index (κ1) is 92.3. The van der Waals surface area contributed by atoms with Gasteiger partial charge in [-0.2, -0.15) is 50.5 Å². The molecule has 6 aliphatic rings. The first-order valence-corrected chi connectivity index (χ1v) is 38.8. The fraction of sp³-hybridized carbons (Fsp3) is 0.755. The molecule has 0 aliphatic carbocycles. The molecule has 636 valence electrons. The number of carbonyl (C=O) groups excluding carboxylic acids is 3. The smallest absolute Gasteiger partial charge is 0.397 e. The molecule has 19 N–H and O–H groups in total. The van der Waals surface area contributed by atoms with Crippen molar-refractivity contribution in [1.29, 1.82) is 0 Å². The fourth-order valence-electron chi connectivity index (χ4n) is 11.6. The second-order valence-electron chi connectivity index (χ2n) is 23.9. The summed E-state index contributed by atoms with van der Waals surface area (Å²) in [5.41, 5.74) is 0. The van der Waals surface area contributed by atoms with E-state index in [-0.39, 0.29) is 11.5 Å². The van der Waals surface area contributed by atoms with Crippen LogP contribution in [0.25, 0.3) is 0 Å². The molecule has 6 aliphatic heterocycles. The Hall–Kier alpha value is -5.86. The van der Waals surface area contributed by atoms with Crippen molar-refractivity contribution in [2.45, 2.75) is 205 Å². The van der Waals surface area contributed by atoms with Gasteiger partial charge in [0.25, 0.3) is 0 Å². The highest BCUT2D eigenvalue weighted by atomic mass is 32.3. The van der Waals surface area contributed by atoms with Crippen LogP contribution in [-0.4, -0.2) is 375 Å². The Labute approximate surface area is 623 Å². The van der Waals surface area contributed by atoms with Gasteiger partial charge in [-0.15, -0.1) is 0 Å². The zero-order chi connectivity index (χ0) is 83.4. The van der Waals surface area contributed by atoms with Crippen molar-refractivity contribution in [3.63, 3.8) is 0 Å². The molecule has 0 bridgehead atoms. The summed E-state index contributed by atoms with van der Waals surface area (Å²) in [5, 5.41) is 119. The Bertz CT molecular complexity index is 4170. The summed E-state index contributed by atoms with van der Waals surface area (Å²) in [4.78, 5) is 78.2. The van der Waals surface area contributed by atoms with Crippen molar-refractivity contribution >= 4 is 98.0 Å². The molecule has 56 nitrogen and oxygen atoms in total. The largest absolute Gasteiger partial charge is 0.497 e. The van der Waals surface area contributed by atoms with Gasteiger partial charge in [0.2, 0.25) is 24.0 Å². The number of hydrogen-bond acceptors (Lipinski definition) is 44. The number of rotatable bonds is 34. The number of nitrogens with one attached hydrogen (secondary N) is 3. The molecule has 7 rings (SSSR count). The van der Waals surface area contributed by atoms with E-state index < -0.39 is 302 Å². The Morgan fingerprint density at radius 2 is 0.613 bits per heavy atom. The number of aliphatic carboxylic acids is 3. The molecule has 0 unspecified atom stereocenters. The van der Waals surface area contributed by atoms with Crippen LogP contribution in [0, 0.1) is 0 Å². The highest BCUT2D eigenvalue weighted by Gasteiger charge is 2.62. The molecule has 1 aromatic rings. The van der Waals surface area contributed by atoms with E-state index in [4.69, 9.17) is 65.8 Å². The van der Waals surface area contributed by atoms with Gasteiger partial charge in [0.05, 0.1) is 26.9 Å².